The molecule has 2 aromatic rings. The fraction of sp³-hybridized carbons (Fsp3) is 0.529. The zero-order valence-electron chi connectivity index (χ0n) is 14.3. The van der Waals surface area contributed by atoms with Crippen molar-refractivity contribution in [3.05, 3.63) is 42.1 Å². The lowest BCUT2D eigenvalue weighted by molar-refractivity contribution is 0.119. The van der Waals surface area contributed by atoms with Gasteiger partial charge in [-0.25, -0.2) is 9.97 Å². The van der Waals surface area contributed by atoms with Crippen molar-refractivity contribution in [2.24, 2.45) is 7.05 Å². The van der Waals surface area contributed by atoms with Gasteiger partial charge in [-0.05, 0) is 11.6 Å². The largest absolute Gasteiger partial charge is 0.363 e. The highest BCUT2D eigenvalue weighted by molar-refractivity contribution is 5.37. The van der Waals surface area contributed by atoms with Crippen molar-refractivity contribution < 1.29 is 0 Å². The Morgan fingerprint density at radius 2 is 1.70 bits per heavy atom. The maximum atomic E-state index is 4.50. The van der Waals surface area contributed by atoms with Crippen LogP contribution in [0.5, 0.6) is 0 Å². The molecule has 1 fully saturated rings. The Labute approximate surface area is 138 Å². The number of hydrogen-bond donors (Lipinski definition) is 0. The van der Waals surface area contributed by atoms with Gasteiger partial charge in [0.1, 0.15) is 11.6 Å². The van der Waals surface area contributed by atoms with E-state index in [2.05, 4.69) is 43.5 Å². The van der Waals surface area contributed by atoms with E-state index in [9.17, 15) is 0 Å². The van der Waals surface area contributed by atoms with E-state index in [4.69, 9.17) is 0 Å². The number of hydrogen-bond acceptors (Lipinski definition) is 5. The SMILES string of the molecule is CN(C)c1ccc(CN2CCN(Cc3nccn3C)CC2)cn1. The Balaban J connectivity index is 1.48. The van der Waals surface area contributed by atoms with E-state index in [0.717, 1.165) is 50.9 Å². The van der Waals surface area contributed by atoms with Gasteiger partial charge in [-0.2, -0.15) is 0 Å². The third-order valence-corrected chi connectivity index (χ3v) is 4.42. The lowest BCUT2D eigenvalue weighted by atomic mass is 10.2. The molecule has 0 amide bonds. The first-order valence-electron chi connectivity index (χ1n) is 8.15. The number of piperazine rings is 1. The summed E-state index contributed by atoms with van der Waals surface area (Å²) in [5, 5.41) is 0. The summed E-state index contributed by atoms with van der Waals surface area (Å²) in [5.74, 6) is 2.15. The second-order valence-corrected chi connectivity index (χ2v) is 6.43. The minimum absolute atomic E-state index is 0.941. The van der Waals surface area contributed by atoms with Gasteiger partial charge in [-0.15, -0.1) is 0 Å². The lowest BCUT2D eigenvalue weighted by Crippen LogP contribution is -2.45. The average molecular weight is 314 g/mol. The van der Waals surface area contributed by atoms with Crippen molar-refractivity contribution in [1.82, 2.24) is 24.3 Å². The summed E-state index contributed by atoms with van der Waals surface area (Å²) >= 11 is 0. The first-order valence-corrected chi connectivity index (χ1v) is 8.15. The zero-order valence-corrected chi connectivity index (χ0v) is 14.3. The van der Waals surface area contributed by atoms with Gasteiger partial charge in [0.15, 0.2) is 0 Å². The minimum Gasteiger partial charge on any atom is -0.363 e. The minimum atomic E-state index is 0.941. The molecule has 0 bridgehead atoms. The fourth-order valence-electron chi connectivity index (χ4n) is 2.89. The van der Waals surface area contributed by atoms with E-state index in [-0.39, 0.29) is 0 Å². The van der Waals surface area contributed by atoms with Crippen LogP contribution in [0, 0.1) is 0 Å². The summed E-state index contributed by atoms with van der Waals surface area (Å²) in [7, 11) is 6.09. The zero-order chi connectivity index (χ0) is 16.2. The second-order valence-electron chi connectivity index (χ2n) is 6.43. The smallest absolute Gasteiger partial charge is 0.127 e. The molecule has 1 aliphatic heterocycles. The number of rotatable bonds is 5. The molecule has 0 saturated carbocycles. The monoisotopic (exact) mass is 314 g/mol. The molecular formula is C17H26N6. The van der Waals surface area contributed by atoms with Crippen molar-refractivity contribution in [2.75, 3.05) is 45.2 Å². The van der Waals surface area contributed by atoms with Crippen molar-refractivity contribution in [3.8, 4) is 0 Å². The topological polar surface area (TPSA) is 40.4 Å². The highest BCUT2D eigenvalue weighted by Gasteiger charge is 2.18. The van der Waals surface area contributed by atoms with Crippen LogP contribution >= 0.6 is 0 Å². The van der Waals surface area contributed by atoms with Gasteiger partial charge in [-0.3, -0.25) is 9.80 Å². The van der Waals surface area contributed by atoms with Crippen LogP contribution in [0.15, 0.2) is 30.7 Å². The standard InChI is InChI=1S/C17H26N6/c1-20(2)16-5-4-15(12-19-16)13-22-8-10-23(11-9-22)14-17-18-6-7-21(17)3/h4-7,12H,8-11,13-14H2,1-3H3. The second kappa shape index (κ2) is 7.10. The Bertz CT molecular complexity index is 610. The Hall–Kier alpha value is -1.92. The number of pyridine rings is 1. The van der Waals surface area contributed by atoms with E-state index >= 15 is 0 Å². The molecular weight excluding hydrogens is 288 g/mol. The van der Waals surface area contributed by atoms with Crippen LogP contribution in [0.4, 0.5) is 5.82 Å². The van der Waals surface area contributed by atoms with Gasteiger partial charge in [0.25, 0.3) is 0 Å². The normalized spacial score (nSPS) is 16.7. The van der Waals surface area contributed by atoms with Crippen LogP contribution in [-0.4, -0.2) is 64.6 Å². The molecule has 1 saturated heterocycles. The average Bonchev–Trinajstić information content (AvgIpc) is 2.95. The number of nitrogens with zero attached hydrogens (tertiary/aromatic N) is 6. The van der Waals surface area contributed by atoms with Gasteiger partial charge >= 0.3 is 0 Å². The third kappa shape index (κ3) is 4.09. The highest BCUT2D eigenvalue weighted by Crippen LogP contribution is 2.12. The van der Waals surface area contributed by atoms with Crippen LogP contribution in [0.1, 0.15) is 11.4 Å². The molecule has 2 aromatic heterocycles. The maximum Gasteiger partial charge on any atom is 0.127 e. The summed E-state index contributed by atoms with van der Waals surface area (Å²) in [6, 6.07) is 4.27. The first kappa shape index (κ1) is 16.0. The van der Waals surface area contributed by atoms with Gasteiger partial charge in [0, 0.05) is 72.5 Å². The van der Waals surface area contributed by atoms with Gasteiger partial charge in [-0.1, -0.05) is 6.07 Å². The maximum absolute atomic E-state index is 4.50. The van der Waals surface area contributed by atoms with Crippen molar-refractivity contribution >= 4 is 5.82 Å². The molecule has 0 unspecified atom stereocenters. The van der Waals surface area contributed by atoms with Crippen LogP contribution in [0.3, 0.4) is 0 Å². The van der Waals surface area contributed by atoms with E-state index in [1.165, 1.54) is 5.56 Å². The van der Waals surface area contributed by atoms with E-state index in [1.807, 2.05) is 37.6 Å². The molecule has 0 spiro atoms. The predicted molar refractivity (Wildman–Crippen MR) is 92.3 cm³/mol. The lowest BCUT2D eigenvalue weighted by Gasteiger charge is -2.34. The van der Waals surface area contributed by atoms with E-state index in [1.54, 1.807) is 0 Å². The van der Waals surface area contributed by atoms with E-state index in [0.29, 0.717) is 0 Å². The molecule has 0 aromatic carbocycles. The van der Waals surface area contributed by atoms with Crippen molar-refractivity contribution in [3.63, 3.8) is 0 Å². The molecule has 0 aliphatic carbocycles. The Kier molecular flexibility index (Phi) is 4.93. The molecule has 124 valence electrons. The summed E-state index contributed by atoms with van der Waals surface area (Å²) in [6.45, 7) is 6.30. The number of imidazole rings is 1. The van der Waals surface area contributed by atoms with Crippen molar-refractivity contribution in [1.29, 1.82) is 0 Å². The molecule has 3 heterocycles. The Morgan fingerprint density at radius 1 is 1.00 bits per heavy atom. The summed E-state index contributed by atoms with van der Waals surface area (Å²) < 4.78 is 2.10. The molecule has 0 N–H and O–H groups in total. The van der Waals surface area contributed by atoms with E-state index < -0.39 is 0 Å². The Morgan fingerprint density at radius 3 is 2.22 bits per heavy atom. The third-order valence-electron chi connectivity index (χ3n) is 4.42. The van der Waals surface area contributed by atoms with Crippen molar-refractivity contribution in [2.45, 2.75) is 13.1 Å². The van der Waals surface area contributed by atoms with Crippen LogP contribution < -0.4 is 4.90 Å². The van der Waals surface area contributed by atoms with Crippen LogP contribution in [-0.2, 0) is 20.1 Å². The summed E-state index contributed by atoms with van der Waals surface area (Å²) in [4.78, 5) is 15.9. The molecule has 3 rings (SSSR count). The summed E-state index contributed by atoms with van der Waals surface area (Å²) in [6.07, 6.45) is 5.88. The molecule has 0 atom stereocenters. The molecule has 6 heteroatoms. The molecule has 6 nitrogen and oxygen atoms in total. The molecule has 0 radical (unpaired) electrons. The molecule has 23 heavy (non-hydrogen) atoms. The number of anilines is 1. The fourth-order valence-corrected chi connectivity index (χ4v) is 2.89. The van der Waals surface area contributed by atoms with Gasteiger partial charge in [0.2, 0.25) is 0 Å². The van der Waals surface area contributed by atoms with Crippen LogP contribution in [0.25, 0.3) is 0 Å². The molecule has 1 aliphatic rings. The highest BCUT2D eigenvalue weighted by atomic mass is 15.3. The van der Waals surface area contributed by atoms with Crippen LogP contribution in [0.2, 0.25) is 0 Å². The summed E-state index contributed by atoms with van der Waals surface area (Å²) in [5.41, 5.74) is 1.29. The quantitative estimate of drug-likeness (QED) is 0.829. The first-order chi connectivity index (χ1) is 11.1. The van der Waals surface area contributed by atoms with Gasteiger partial charge in [0.05, 0.1) is 6.54 Å². The van der Waals surface area contributed by atoms with Gasteiger partial charge < -0.3 is 9.47 Å². The number of aromatic nitrogens is 3. The number of aryl methyl sites for hydroxylation is 1. The predicted octanol–water partition coefficient (Wildman–Crippen LogP) is 1.20.